The van der Waals surface area contributed by atoms with Crippen LogP contribution < -0.4 is 0 Å². The number of morpholine rings is 1. The van der Waals surface area contributed by atoms with E-state index < -0.39 is 0 Å². The van der Waals surface area contributed by atoms with Crippen LogP contribution in [0.4, 0.5) is 0 Å². The Hall–Kier alpha value is -0.0800. The van der Waals surface area contributed by atoms with Gasteiger partial charge in [-0.05, 0) is 5.41 Å². The van der Waals surface area contributed by atoms with Gasteiger partial charge in [0.1, 0.15) is 0 Å². The lowest BCUT2D eigenvalue weighted by Crippen LogP contribution is -2.41. The zero-order valence-electron chi connectivity index (χ0n) is 7.89. The molecule has 0 radical (unpaired) electrons. The van der Waals surface area contributed by atoms with Crippen LogP contribution in [-0.4, -0.2) is 37.7 Å². The molecule has 1 aliphatic rings. The Morgan fingerprint density at radius 2 is 1.67 bits per heavy atom. The molecule has 2 heteroatoms. The van der Waals surface area contributed by atoms with Crippen molar-refractivity contribution in [2.45, 2.75) is 28.2 Å². The van der Waals surface area contributed by atoms with E-state index in [-0.39, 0.29) is 7.43 Å². The molecular formula is C10H23NO. The van der Waals surface area contributed by atoms with E-state index in [1.54, 1.807) is 0 Å². The van der Waals surface area contributed by atoms with E-state index in [0.717, 1.165) is 26.3 Å². The Bertz CT molecular complexity index is 111. The summed E-state index contributed by atoms with van der Waals surface area (Å²) >= 11 is 0. The maximum atomic E-state index is 5.27. The number of hydrogen-bond acceptors (Lipinski definition) is 2. The van der Waals surface area contributed by atoms with Gasteiger partial charge in [0.15, 0.2) is 0 Å². The summed E-state index contributed by atoms with van der Waals surface area (Å²) in [4.78, 5) is 2.48. The first-order valence-electron chi connectivity index (χ1n) is 4.38. The third-order valence-electron chi connectivity index (χ3n) is 1.80. The fourth-order valence-electron chi connectivity index (χ4n) is 1.43. The molecule has 1 rings (SSSR count). The lowest BCUT2D eigenvalue weighted by Gasteiger charge is -2.32. The average molecular weight is 173 g/mol. The summed E-state index contributed by atoms with van der Waals surface area (Å²) in [6.07, 6.45) is 0. The second-order valence-corrected chi connectivity index (χ2v) is 4.45. The van der Waals surface area contributed by atoms with Gasteiger partial charge in [0.25, 0.3) is 0 Å². The molecule has 1 aliphatic heterocycles. The molecule has 0 amide bonds. The van der Waals surface area contributed by atoms with Gasteiger partial charge in [-0.3, -0.25) is 4.90 Å². The maximum Gasteiger partial charge on any atom is 0.0594 e. The second-order valence-electron chi connectivity index (χ2n) is 4.45. The zero-order valence-corrected chi connectivity index (χ0v) is 7.89. The van der Waals surface area contributed by atoms with E-state index >= 15 is 0 Å². The average Bonchev–Trinajstić information content (AvgIpc) is 1.85. The van der Waals surface area contributed by atoms with Crippen LogP contribution in [0.15, 0.2) is 0 Å². The van der Waals surface area contributed by atoms with Crippen LogP contribution in [-0.2, 0) is 4.74 Å². The quantitative estimate of drug-likeness (QED) is 0.601. The Labute approximate surface area is 76.9 Å². The Morgan fingerprint density at radius 1 is 1.17 bits per heavy atom. The SMILES string of the molecule is C.CC(C)(C)CN1CCOCC1. The predicted octanol–water partition coefficient (Wildman–Crippen LogP) is 2.00. The highest BCUT2D eigenvalue weighted by Gasteiger charge is 2.17. The van der Waals surface area contributed by atoms with Crippen LogP contribution >= 0.6 is 0 Å². The number of nitrogens with zero attached hydrogens (tertiary/aromatic N) is 1. The lowest BCUT2D eigenvalue weighted by atomic mass is 9.96. The molecule has 0 atom stereocenters. The van der Waals surface area contributed by atoms with Crippen molar-refractivity contribution in [2.75, 3.05) is 32.8 Å². The highest BCUT2D eigenvalue weighted by molar-refractivity contribution is 4.70. The van der Waals surface area contributed by atoms with E-state index in [9.17, 15) is 0 Å². The zero-order chi connectivity index (χ0) is 8.32. The van der Waals surface area contributed by atoms with Crippen LogP contribution in [0.5, 0.6) is 0 Å². The van der Waals surface area contributed by atoms with Crippen molar-refractivity contribution in [1.82, 2.24) is 4.90 Å². The van der Waals surface area contributed by atoms with Crippen LogP contribution in [0, 0.1) is 5.41 Å². The summed E-state index contributed by atoms with van der Waals surface area (Å²) in [5.74, 6) is 0. The van der Waals surface area contributed by atoms with Gasteiger partial charge in [-0.25, -0.2) is 0 Å². The molecule has 0 spiro atoms. The summed E-state index contributed by atoms with van der Waals surface area (Å²) in [6, 6.07) is 0. The van der Waals surface area contributed by atoms with Gasteiger partial charge in [0.05, 0.1) is 13.2 Å². The first-order valence-corrected chi connectivity index (χ1v) is 4.38. The third kappa shape index (κ3) is 4.73. The van der Waals surface area contributed by atoms with Gasteiger partial charge in [0.2, 0.25) is 0 Å². The van der Waals surface area contributed by atoms with E-state index in [1.807, 2.05) is 0 Å². The minimum atomic E-state index is 0. The molecule has 0 aromatic heterocycles. The smallest absolute Gasteiger partial charge is 0.0594 e. The molecule has 1 heterocycles. The summed E-state index contributed by atoms with van der Waals surface area (Å²) in [7, 11) is 0. The fourth-order valence-corrected chi connectivity index (χ4v) is 1.43. The monoisotopic (exact) mass is 173 g/mol. The van der Waals surface area contributed by atoms with Gasteiger partial charge in [0, 0.05) is 19.6 Å². The number of rotatable bonds is 1. The van der Waals surface area contributed by atoms with Crippen LogP contribution in [0.3, 0.4) is 0 Å². The molecule has 0 aliphatic carbocycles. The largest absolute Gasteiger partial charge is 0.379 e. The van der Waals surface area contributed by atoms with E-state index in [1.165, 1.54) is 6.54 Å². The summed E-state index contributed by atoms with van der Waals surface area (Å²) in [5, 5.41) is 0. The van der Waals surface area contributed by atoms with Crippen molar-refractivity contribution in [1.29, 1.82) is 0 Å². The molecule has 1 fully saturated rings. The van der Waals surface area contributed by atoms with E-state index in [0.29, 0.717) is 5.41 Å². The van der Waals surface area contributed by atoms with Crippen molar-refractivity contribution in [2.24, 2.45) is 5.41 Å². The lowest BCUT2D eigenvalue weighted by molar-refractivity contribution is 0.0236. The Kier molecular flexibility index (Phi) is 4.80. The first kappa shape index (κ1) is 11.9. The minimum Gasteiger partial charge on any atom is -0.379 e. The van der Waals surface area contributed by atoms with Crippen molar-refractivity contribution in [3.63, 3.8) is 0 Å². The van der Waals surface area contributed by atoms with E-state index in [2.05, 4.69) is 25.7 Å². The summed E-state index contributed by atoms with van der Waals surface area (Å²) in [5.41, 5.74) is 0.428. The van der Waals surface area contributed by atoms with Crippen LogP contribution in [0.2, 0.25) is 0 Å². The third-order valence-corrected chi connectivity index (χ3v) is 1.80. The van der Waals surface area contributed by atoms with Crippen LogP contribution in [0.1, 0.15) is 28.2 Å². The summed E-state index contributed by atoms with van der Waals surface area (Å²) < 4.78 is 5.27. The van der Waals surface area contributed by atoms with Crippen LogP contribution in [0.25, 0.3) is 0 Å². The first-order chi connectivity index (χ1) is 5.08. The number of hydrogen-bond donors (Lipinski definition) is 0. The minimum absolute atomic E-state index is 0. The second kappa shape index (κ2) is 4.83. The maximum absolute atomic E-state index is 5.27. The van der Waals surface area contributed by atoms with E-state index in [4.69, 9.17) is 4.74 Å². The molecule has 0 saturated carbocycles. The molecule has 0 unspecified atom stereocenters. The van der Waals surface area contributed by atoms with Gasteiger partial charge in [-0.2, -0.15) is 0 Å². The molecule has 74 valence electrons. The highest BCUT2D eigenvalue weighted by atomic mass is 16.5. The normalized spacial score (nSPS) is 20.2. The van der Waals surface area contributed by atoms with Crippen molar-refractivity contribution in [3.8, 4) is 0 Å². The Morgan fingerprint density at radius 3 is 2.08 bits per heavy atom. The molecule has 0 N–H and O–H groups in total. The van der Waals surface area contributed by atoms with Crippen molar-refractivity contribution in [3.05, 3.63) is 0 Å². The molecule has 1 saturated heterocycles. The molecule has 0 bridgehead atoms. The topological polar surface area (TPSA) is 12.5 Å². The summed E-state index contributed by atoms with van der Waals surface area (Å²) in [6.45, 7) is 12.1. The van der Waals surface area contributed by atoms with Crippen molar-refractivity contribution >= 4 is 0 Å². The predicted molar refractivity (Wildman–Crippen MR) is 53.4 cm³/mol. The Balaban J connectivity index is 0.00000121. The molecule has 0 aromatic carbocycles. The fraction of sp³-hybridized carbons (Fsp3) is 1.00. The van der Waals surface area contributed by atoms with Gasteiger partial charge >= 0.3 is 0 Å². The highest BCUT2D eigenvalue weighted by Crippen LogP contribution is 2.15. The number of ether oxygens (including phenoxy) is 1. The molecule has 0 aromatic rings. The van der Waals surface area contributed by atoms with Gasteiger partial charge < -0.3 is 4.74 Å². The molecule has 12 heavy (non-hydrogen) atoms. The molecular weight excluding hydrogens is 150 g/mol. The standard InChI is InChI=1S/C9H19NO.CH4/c1-9(2,3)8-10-4-6-11-7-5-10;/h4-8H2,1-3H3;1H4. The van der Waals surface area contributed by atoms with Gasteiger partial charge in [-0.15, -0.1) is 0 Å². The van der Waals surface area contributed by atoms with Gasteiger partial charge in [-0.1, -0.05) is 28.2 Å². The molecule has 2 nitrogen and oxygen atoms in total. The van der Waals surface area contributed by atoms with Crippen molar-refractivity contribution < 1.29 is 4.74 Å².